The molecule has 1 saturated heterocycles. The van der Waals surface area contributed by atoms with Crippen LogP contribution in [0.15, 0.2) is 18.5 Å². The Hall–Kier alpha value is -1.62. The zero-order valence-corrected chi connectivity index (χ0v) is 13.0. The number of nitrogens with one attached hydrogen (secondary N) is 1. The Morgan fingerprint density at radius 1 is 1.52 bits per heavy atom. The lowest BCUT2D eigenvalue weighted by Crippen LogP contribution is -2.39. The van der Waals surface area contributed by atoms with Gasteiger partial charge in [0, 0.05) is 46.1 Å². The number of pyridine rings is 1. The zero-order chi connectivity index (χ0) is 15.1. The third kappa shape index (κ3) is 5.01. The number of nitrogens with zero attached hydrogens (tertiary/aromatic N) is 2. The second-order valence-corrected chi connectivity index (χ2v) is 5.68. The van der Waals surface area contributed by atoms with Gasteiger partial charge in [0.1, 0.15) is 0 Å². The van der Waals surface area contributed by atoms with Gasteiger partial charge in [-0.1, -0.05) is 0 Å². The Morgan fingerprint density at radius 3 is 3.14 bits per heavy atom. The Labute approximate surface area is 126 Å². The molecule has 0 aromatic carbocycles. The van der Waals surface area contributed by atoms with Gasteiger partial charge in [0.05, 0.1) is 12.3 Å². The average molecular weight is 291 g/mol. The van der Waals surface area contributed by atoms with Crippen molar-refractivity contribution in [2.45, 2.75) is 26.2 Å². The first kappa shape index (κ1) is 15.8. The van der Waals surface area contributed by atoms with E-state index in [2.05, 4.69) is 16.4 Å². The molecule has 5 heteroatoms. The van der Waals surface area contributed by atoms with Gasteiger partial charge in [-0.25, -0.2) is 0 Å². The number of carbonyl (C=O) groups is 1. The van der Waals surface area contributed by atoms with Gasteiger partial charge in [-0.15, -0.1) is 0 Å². The van der Waals surface area contributed by atoms with Gasteiger partial charge < -0.3 is 15.0 Å². The van der Waals surface area contributed by atoms with Gasteiger partial charge in [-0.05, 0) is 36.8 Å². The molecule has 0 aliphatic carbocycles. The maximum atomic E-state index is 11.5. The van der Waals surface area contributed by atoms with Crippen LogP contribution in [0.2, 0.25) is 0 Å². The molecule has 21 heavy (non-hydrogen) atoms. The van der Waals surface area contributed by atoms with Crippen molar-refractivity contribution in [1.29, 1.82) is 0 Å². The van der Waals surface area contributed by atoms with Crippen LogP contribution in [0.4, 0.5) is 5.69 Å². The highest BCUT2D eigenvalue weighted by molar-refractivity contribution is 5.73. The van der Waals surface area contributed by atoms with Crippen LogP contribution in [0.5, 0.6) is 0 Å². The highest BCUT2D eigenvalue weighted by Crippen LogP contribution is 2.21. The summed E-state index contributed by atoms with van der Waals surface area (Å²) in [5.41, 5.74) is 2.26. The van der Waals surface area contributed by atoms with Gasteiger partial charge in [0.25, 0.3) is 0 Å². The number of ether oxygens (including phenoxy) is 1. The maximum Gasteiger partial charge on any atom is 0.219 e. The lowest BCUT2D eigenvalue weighted by atomic mass is 9.92. The fraction of sp³-hybridized carbons (Fsp3) is 0.625. The van der Waals surface area contributed by atoms with E-state index < -0.39 is 0 Å². The second kappa shape index (κ2) is 7.98. The molecule has 0 saturated carbocycles. The number of likely N-dealkylation sites (tertiary alicyclic amines) is 1. The van der Waals surface area contributed by atoms with Crippen molar-refractivity contribution < 1.29 is 9.53 Å². The zero-order valence-electron chi connectivity index (χ0n) is 13.0. The Morgan fingerprint density at radius 2 is 2.38 bits per heavy atom. The number of carbonyl (C=O) groups excluding carboxylic acids is 1. The standard InChI is InChI=1S/C16H25N3O2/c1-13(20)19-6-3-4-14(12-19)8-15-9-16(11-17-10-15)18-5-7-21-2/h9-11,14,18H,3-8,12H2,1-2H3. The number of amides is 1. The summed E-state index contributed by atoms with van der Waals surface area (Å²) in [6.07, 6.45) is 7.03. The van der Waals surface area contributed by atoms with Crippen LogP contribution in [0, 0.1) is 5.92 Å². The van der Waals surface area contributed by atoms with Gasteiger partial charge in [0.15, 0.2) is 0 Å². The number of rotatable bonds is 6. The Bertz CT molecular complexity index is 465. The molecule has 2 heterocycles. The predicted octanol–water partition coefficient (Wildman–Crippen LogP) is 1.94. The van der Waals surface area contributed by atoms with Crippen molar-refractivity contribution in [2.24, 2.45) is 5.92 Å². The number of methoxy groups -OCH3 is 1. The molecule has 1 aromatic rings. The van der Waals surface area contributed by atoms with Crippen LogP contribution >= 0.6 is 0 Å². The molecule has 1 aliphatic rings. The summed E-state index contributed by atoms with van der Waals surface area (Å²) in [5, 5.41) is 3.30. The molecule has 1 unspecified atom stereocenters. The SMILES string of the molecule is COCCNc1cncc(CC2CCCN(C(C)=O)C2)c1. The van der Waals surface area contributed by atoms with E-state index in [1.54, 1.807) is 14.0 Å². The topological polar surface area (TPSA) is 54.5 Å². The van der Waals surface area contributed by atoms with Crippen LogP contribution in [0.25, 0.3) is 0 Å². The van der Waals surface area contributed by atoms with Crippen molar-refractivity contribution in [1.82, 2.24) is 9.88 Å². The third-order valence-corrected chi connectivity index (χ3v) is 3.92. The van der Waals surface area contributed by atoms with Crippen LogP contribution < -0.4 is 5.32 Å². The van der Waals surface area contributed by atoms with Crippen molar-refractivity contribution in [3.63, 3.8) is 0 Å². The molecule has 5 nitrogen and oxygen atoms in total. The molecule has 1 fully saturated rings. The molecule has 1 N–H and O–H groups in total. The van der Waals surface area contributed by atoms with Crippen LogP contribution in [-0.4, -0.2) is 49.1 Å². The minimum atomic E-state index is 0.188. The molecule has 0 bridgehead atoms. The largest absolute Gasteiger partial charge is 0.383 e. The minimum absolute atomic E-state index is 0.188. The summed E-state index contributed by atoms with van der Waals surface area (Å²) in [7, 11) is 1.69. The van der Waals surface area contributed by atoms with Crippen LogP contribution in [-0.2, 0) is 16.0 Å². The molecular weight excluding hydrogens is 266 g/mol. The van der Waals surface area contributed by atoms with E-state index in [1.807, 2.05) is 17.3 Å². The minimum Gasteiger partial charge on any atom is -0.383 e. The Kier molecular flexibility index (Phi) is 5.99. The van der Waals surface area contributed by atoms with Crippen LogP contribution in [0.3, 0.4) is 0 Å². The summed E-state index contributed by atoms with van der Waals surface area (Å²) in [5.74, 6) is 0.728. The molecule has 1 aliphatic heterocycles. The van der Waals surface area contributed by atoms with E-state index >= 15 is 0 Å². The molecule has 116 valence electrons. The molecule has 0 spiro atoms. The third-order valence-electron chi connectivity index (χ3n) is 3.92. The number of hydrogen-bond donors (Lipinski definition) is 1. The summed E-state index contributed by atoms with van der Waals surface area (Å²) in [6, 6.07) is 2.15. The summed E-state index contributed by atoms with van der Waals surface area (Å²) in [4.78, 5) is 17.7. The van der Waals surface area contributed by atoms with E-state index in [0.29, 0.717) is 12.5 Å². The number of hydrogen-bond acceptors (Lipinski definition) is 4. The van der Waals surface area contributed by atoms with Crippen molar-refractivity contribution >= 4 is 11.6 Å². The number of anilines is 1. The normalized spacial score (nSPS) is 18.6. The lowest BCUT2D eigenvalue weighted by molar-refractivity contribution is -0.130. The monoisotopic (exact) mass is 291 g/mol. The molecular formula is C16H25N3O2. The van der Waals surface area contributed by atoms with Gasteiger partial charge >= 0.3 is 0 Å². The van der Waals surface area contributed by atoms with Crippen LogP contribution in [0.1, 0.15) is 25.3 Å². The highest BCUT2D eigenvalue weighted by Gasteiger charge is 2.21. The summed E-state index contributed by atoms with van der Waals surface area (Å²) in [6.45, 7) is 4.90. The number of aromatic nitrogens is 1. The van der Waals surface area contributed by atoms with Crippen molar-refractivity contribution in [2.75, 3.05) is 38.7 Å². The van der Waals surface area contributed by atoms with E-state index in [-0.39, 0.29) is 5.91 Å². The number of piperidine rings is 1. The fourth-order valence-electron chi connectivity index (χ4n) is 2.84. The first-order valence-electron chi connectivity index (χ1n) is 7.61. The lowest BCUT2D eigenvalue weighted by Gasteiger charge is -2.32. The van der Waals surface area contributed by atoms with Gasteiger partial charge in [-0.3, -0.25) is 9.78 Å². The van der Waals surface area contributed by atoms with E-state index in [0.717, 1.165) is 38.2 Å². The summed E-state index contributed by atoms with van der Waals surface area (Å²) >= 11 is 0. The van der Waals surface area contributed by atoms with Gasteiger partial charge in [0.2, 0.25) is 5.91 Å². The Balaban J connectivity index is 1.89. The quantitative estimate of drug-likeness (QED) is 0.814. The van der Waals surface area contributed by atoms with Crippen molar-refractivity contribution in [3.8, 4) is 0 Å². The second-order valence-electron chi connectivity index (χ2n) is 5.68. The fourth-order valence-corrected chi connectivity index (χ4v) is 2.84. The average Bonchev–Trinajstić information content (AvgIpc) is 2.48. The predicted molar refractivity (Wildman–Crippen MR) is 83.3 cm³/mol. The van der Waals surface area contributed by atoms with Crippen molar-refractivity contribution in [3.05, 3.63) is 24.0 Å². The highest BCUT2D eigenvalue weighted by atomic mass is 16.5. The molecule has 1 amide bonds. The maximum absolute atomic E-state index is 11.5. The van der Waals surface area contributed by atoms with E-state index in [1.165, 1.54) is 12.0 Å². The molecule has 1 atom stereocenters. The molecule has 0 radical (unpaired) electrons. The molecule has 2 rings (SSSR count). The van der Waals surface area contributed by atoms with Gasteiger partial charge in [-0.2, -0.15) is 0 Å². The smallest absolute Gasteiger partial charge is 0.219 e. The van der Waals surface area contributed by atoms with E-state index in [4.69, 9.17) is 4.74 Å². The molecule has 1 aromatic heterocycles. The first-order chi connectivity index (χ1) is 10.2. The first-order valence-corrected chi connectivity index (χ1v) is 7.61. The van der Waals surface area contributed by atoms with E-state index in [9.17, 15) is 4.79 Å². The summed E-state index contributed by atoms with van der Waals surface area (Å²) < 4.78 is 5.03.